The fraction of sp³-hybridized carbons (Fsp3) is 0.640. The number of hydrogen-bond donors (Lipinski definition) is 2. The van der Waals surface area contributed by atoms with Gasteiger partial charge in [-0.2, -0.15) is 5.10 Å². The molecule has 0 saturated carbocycles. The van der Waals surface area contributed by atoms with E-state index >= 15 is 0 Å². The van der Waals surface area contributed by atoms with Gasteiger partial charge in [0.25, 0.3) is 0 Å². The molecule has 1 aromatic carbocycles. The van der Waals surface area contributed by atoms with Crippen molar-refractivity contribution in [1.29, 1.82) is 0 Å². The first-order chi connectivity index (χ1) is 15.1. The number of nitrogens with one attached hydrogen (secondary N) is 1. The third-order valence-corrected chi connectivity index (χ3v) is 5.15. The minimum atomic E-state index is -1.02. The van der Waals surface area contributed by atoms with Crippen molar-refractivity contribution in [3.8, 4) is 5.75 Å². The summed E-state index contributed by atoms with van der Waals surface area (Å²) in [4.78, 5) is 22.3. The quantitative estimate of drug-likeness (QED) is 0.157. The molecule has 0 aromatic heterocycles. The Morgan fingerprint density at radius 2 is 1.39 bits per heavy atom. The molecule has 0 aliphatic rings. The van der Waals surface area contributed by atoms with Crippen molar-refractivity contribution < 1.29 is 19.4 Å². The second-order valence-corrected chi connectivity index (χ2v) is 8.04. The van der Waals surface area contributed by atoms with Crippen LogP contribution >= 0.6 is 0 Å². The van der Waals surface area contributed by atoms with Crippen molar-refractivity contribution in [3.05, 3.63) is 29.8 Å². The molecule has 174 valence electrons. The summed E-state index contributed by atoms with van der Waals surface area (Å²) in [5, 5.41) is 12.5. The number of carboxylic acids is 1. The molecule has 2 N–H and O–H groups in total. The monoisotopic (exact) mass is 432 g/mol. The van der Waals surface area contributed by atoms with E-state index in [9.17, 15) is 9.59 Å². The van der Waals surface area contributed by atoms with E-state index in [-0.39, 0.29) is 12.5 Å². The van der Waals surface area contributed by atoms with Crippen LogP contribution in [0.5, 0.6) is 5.75 Å². The van der Waals surface area contributed by atoms with Gasteiger partial charge in [-0.25, -0.2) is 10.2 Å². The molecule has 0 saturated heterocycles. The highest BCUT2D eigenvalue weighted by Crippen LogP contribution is 2.13. The number of rotatable bonds is 19. The topological polar surface area (TPSA) is 88.0 Å². The predicted molar refractivity (Wildman–Crippen MR) is 126 cm³/mol. The van der Waals surface area contributed by atoms with Gasteiger partial charge in [0, 0.05) is 6.42 Å². The van der Waals surface area contributed by atoms with Crippen molar-refractivity contribution in [2.45, 2.75) is 96.8 Å². The molecule has 1 amide bonds. The van der Waals surface area contributed by atoms with Gasteiger partial charge in [0.2, 0.25) is 5.91 Å². The first-order valence-corrected chi connectivity index (χ1v) is 11.9. The summed E-state index contributed by atoms with van der Waals surface area (Å²) >= 11 is 0. The van der Waals surface area contributed by atoms with Crippen molar-refractivity contribution in [2.75, 3.05) is 6.61 Å². The van der Waals surface area contributed by atoms with Crippen molar-refractivity contribution in [3.63, 3.8) is 0 Å². The maximum Gasteiger partial charge on any atom is 0.341 e. The molecule has 0 bridgehead atoms. The summed E-state index contributed by atoms with van der Waals surface area (Å²) in [6.07, 6.45) is 18.8. The van der Waals surface area contributed by atoms with Crippen LogP contribution in [0.1, 0.15) is 102 Å². The number of nitrogens with zero attached hydrogens (tertiary/aromatic N) is 1. The third kappa shape index (κ3) is 16.0. The fourth-order valence-corrected chi connectivity index (χ4v) is 3.33. The zero-order valence-electron chi connectivity index (χ0n) is 19.1. The molecule has 0 fully saturated rings. The first kappa shape index (κ1) is 26.7. The van der Waals surface area contributed by atoms with Crippen LogP contribution in [0.4, 0.5) is 0 Å². The number of hydrogen-bond acceptors (Lipinski definition) is 4. The molecule has 0 spiro atoms. The summed E-state index contributed by atoms with van der Waals surface area (Å²) in [5.74, 6) is -0.608. The smallest absolute Gasteiger partial charge is 0.341 e. The van der Waals surface area contributed by atoms with Gasteiger partial charge in [0.05, 0.1) is 6.21 Å². The van der Waals surface area contributed by atoms with E-state index in [2.05, 4.69) is 17.5 Å². The third-order valence-electron chi connectivity index (χ3n) is 5.15. The van der Waals surface area contributed by atoms with Crippen molar-refractivity contribution >= 4 is 18.1 Å². The lowest BCUT2D eigenvalue weighted by Gasteiger charge is -2.03. The number of unbranched alkanes of at least 4 members (excludes halogenated alkanes) is 12. The molecule has 0 atom stereocenters. The lowest BCUT2D eigenvalue weighted by Crippen LogP contribution is -2.16. The number of benzene rings is 1. The van der Waals surface area contributed by atoms with Gasteiger partial charge < -0.3 is 9.84 Å². The SMILES string of the molecule is CCCCCCCCCCCCCCCC(=O)N/N=C\c1ccc(OCC(=O)O)cc1. The van der Waals surface area contributed by atoms with E-state index in [0.717, 1.165) is 18.4 Å². The number of aliphatic carboxylic acids is 1. The lowest BCUT2D eigenvalue weighted by atomic mass is 10.0. The van der Waals surface area contributed by atoms with Gasteiger partial charge in [0.1, 0.15) is 5.75 Å². The molecule has 31 heavy (non-hydrogen) atoms. The van der Waals surface area contributed by atoms with E-state index < -0.39 is 5.97 Å². The standard InChI is InChI=1S/C25H40N2O4/c1-2-3-4-5-6-7-8-9-10-11-12-13-14-15-24(28)27-26-20-22-16-18-23(19-17-22)31-21-25(29)30/h16-20H,2-15,21H2,1H3,(H,27,28)(H,29,30)/b26-20-. The van der Waals surface area contributed by atoms with Gasteiger partial charge >= 0.3 is 5.97 Å². The summed E-state index contributed by atoms with van der Waals surface area (Å²) in [7, 11) is 0. The zero-order chi connectivity index (χ0) is 22.6. The molecular weight excluding hydrogens is 392 g/mol. The number of carbonyl (C=O) groups excluding carboxylic acids is 1. The van der Waals surface area contributed by atoms with Crippen LogP contribution in [0.3, 0.4) is 0 Å². The molecule has 0 heterocycles. The molecule has 0 aliphatic heterocycles. The van der Waals surface area contributed by atoms with Crippen molar-refractivity contribution in [1.82, 2.24) is 5.43 Å². The van der Waals surface area contributed by atoms with Crippen LogP contribution < -0.4 is 10.2 Å². The average molecular weight is 433 g/mol. The highest BCUT2D eigenvalue weighted by atomic mass is 16.5. The average Bonchev–Trinajstić information content (AvgIpc) is 2.76. The Labute approximate surface area is 187 Å². The molecular formula is C25H40N2O4. The highest BCUT2D eigenvalue weighted by molar-refractivity contribution is 5.82. The molecule has 6 heteroatoms. The zero-order valence-corrected chi connectivity index (χ0v) is 19.1. The van der Waals surface area contributed by atoms with Crippen LogP contribution in [-0.2, 0) is 9.59 Å². The lowest BCUT2D eigenvalue weighted by molar-refractivity contribution is -0.139. The molecule has 1 aromatic rings. The fourth-order valence-electron chi connectivity index (χ4n) is 3.33. The molecule has 6 nitrogen and oxygen atoms in total. The summed E-state index contributed by atoms with van der Waals surface area (Å²) in [6, 6.07) is 6.83. The highest BCUT2D eigenvalue weighted by Gasteiger charge is 2.01. The Hall–Kier alpha value is -2.37. The van der Waals surface area contributed by atoms with Crippen LogP contribution in [-0.4, -0.2) is 29.8 Å². The number of amides is 1. The molecule has 1 rings (SSSR count). The predicted octanol–water partition coefficient (Wildman–Crippen LogP) is 6.08. The first-order valence-electron chi connectivity index (χ1n) is 11.9. The Morgan fingerprint density at radius 1 is 0.871 bits per heavy atom. The van der Waals surface area contributed by atoms with Gasteiger partial charge in [-0.3, -0.25) is 4.79 Å². The summed E-state index contributed by atoms with van der Waals surface area (Å²) in [6.45, 7) is 1.88. The maximum absolute atomic E-state index is 11.8. The van der Waals surface area contributed by atoms with Crippen LogP contribution in [0, 0.1) is 0 Å². The van der Waals surface area contributed by atoms with Crippen LogP contribution in [0.25, 0.3) is 0 Å². The number of carbonyl (C=O) groups is 2. The minimum absolute atomic E-state index is 0.0688. The van der Waals surface area contributed by atoms with E-state index in [4.69, 9.17) is 9.84 Å². The van der Waals surface area contributed by atoms with Crippen molar-refractivity contribution in [2.24, 2.45) is 5.10 Å². The van der Waals surface area contributed by atoms with Crippen LogP contribution in [0.2, 0.25) is 0 Å². The van der Waals surface area contributed by atoms with Gasteiger partial charge in [0.15, 0.2) is 6.61 Å². The molecule has 0 radical (unpaired) electrons. The summed E-state index contributed by atoms with van der Waals surface area (Å²) < 4.78 is 5.06. The Morgan fingerprint density at radius 3 is 1.90 bits per heavy atom. The normalized spacial score (nSPS) is 11.0. The number of hydrazone groups is 1. The number of ether oxygens (including phenoxy) is 1. The van der Waals surface area contributed by atoms with Gasteiger partial charge in [-0.05, 0) is 36.2 Å². The maximum atomic E-state index is 11.8. The second-order valence-electron chi connectivity index (χ2n) is 8.04. The van der Waals surface area contributed by atoms with E-state index in [1.54, 1.807) is 30.5 Å². The Balaban J connectivity index is 1.97. The largest absolute Gasteiger partial charge is 0.482 e. The molecule has 0 unspecified atom stereocenters. The minimum Gasteiger partial charge on any atom is -0.482 e. The Bertz CT molecular complexity index is 629. The van der Waals surface area contributed by atoms with E-state index in [1.807, 2.05) is 0 Å². The second kappa shape index (κ2) is 18.4. The van der Waals surface area contributed by atoms with E-state index in [1.165, 1.54) is 70.6 Å². The van der Waals surface area contributed by atoms with E-state index in [0.29, 0.717) is 12.2 Å². The number of carboxylic acid groups (broad SMARTS) is 1. The summed E-state index contributed by atoms with van der Waals surface area (Å²) in [5.41, 5.74) is 3.35. The Kier molecular flexibility index (Phi) is 15.8. The van der Waals surface area contributed by atoms with Crippen LogP contribution in [0.15, 0.2) is 29.4 Å². The van der Waals surface area contributed by atoms with Gasteiger partial charge in [-0.1, -0.05) is 84.0 Å². The molecule has 0 aliphatic carbocycles. The van der Waals surface area contributed by atoms with Gasteiger partial charge in [-0.15, -0.1) is 0 Å².